The Morgan fingerprint density at radius 3 is 1.50 bits per heavy atom. The van der Waals surface area contributed by atoms with E-state index in [0.717, 1.165) is 11.5 Å². The molecule has 0 N–H and O–H groups in total. The van der Waals surface area contributed by atoms with Crippen LogP contribution >= 0.6 is 0 Å². The third-order valence-electron chi connectivity index (χ3n) is 2.58. The summed E-state index contributed by atoms with van der Waals surface area (Å²) in [6, 6.07) is 16.2. The minimum absolute atomic E-state index is 0.271. The average molecular weight is 432 g/mol. The number of hydrogen-bond acceptors (Lipinski definition) is 4. The van der Waals surface area contributed by atoms with Crippen LogP contribution in [-0.2, 0) is 9.47 Å². The molecule has 2 rings (SSSR count). The molecular formula is C16H18O4Se2. The van der Waals surface area contributed by atoms with E-state index >= 15 is 0 Å². The Hall–Kier alpha value is -1.00. The molecule has 0 aliphatic heterocycles. The fraction of sp³-hybridized carbons (Fsp3) is 0.250. The van der Waals surface area contributed by atoms with Crippen molar-refractivity contribution in [1.82, 2.24) is 0 Å². The van der Waals surface area contributed by atoms with Gasteiger partial charge in [-0.2, -0.15) is 0 Å². The second-order valence-corrected chi connectivity index (χ2v) is 10.3. The van der Waals surface area contributed by atoms with Gasteiger partial charge in [0.2, 0.25) is 0 Å². The van der Waals surface area contributed by atoms with Gasteiger partial charge in [0.1, 0.15) is 0 Å². The third kappa shape index (κ3) is 5.32. The molecule has 0 aromatic heterocycles. The van der Waals surface area contributed by atoms with Crippen molar-refractivity contribution >= 4 is 35.2 Å². The van der Waals surface area contributed by atoms with E-state index in [1.807, 2.05) is 36.4 Å². The van der Waals surface area contributed by atoms with E-state index < -0.39 is 0 Å². The van der Waals surface area contributed by atoms with Crippen molar-refractivity contribution in [3.05, 3.63) is 48.5 Å². The molecule has 0 radical (unpaired) electrons. The fourth-order valence-corrected chi connectivity index (χ4v) is 8.39. The molecule has 118 valence electrons. The van der Waals surface area contributed by atoms with Crippen LogP contribution in [0.3, 0.4) is 0 Å². The molecule has 0 fully saturated rings. The van der Waals surface area contributed by atoms with E-state index in [9.17, 15) is 0 Å². The van der Waals surface area contributed by atoms with E-state index in [4.69, 9.17) is 18.9 Å². The molecule has 0 saturated heterocycles. The Labute approximate surface area is 142 Å². The molecular weight excluding hydrogens is 414 g/mol. The number of hydrogen-bond donors (Lipinski definition) is 0. The van der Waals surface area contributed by atoms with Gasteiger partial charge in [0.25, 0.3) is 0 Å². The summed E-state index contributed by atoms with van der Waals surface area (Å²) in [6.45, 7) is 0.543. The molecule has 2 aromatic rings. The zero-order valence-electron chi connectivity index (χ0n) is 12.5. The van der Waals surface area contributed by atoms with Crippen LogP contribution in [0.2, 0.25) is 0 Å². The van der Waals surface area contributed by atoms with Gasteiger partial charge in [0.05, 0.1) is 0 Å². The average Bonchev–Trinajstić information content (AvgIpc) is 2.57. The quantitative estimate of drug-likeness (QED) is 0.437. The van der Waals surface area contributed by atoms with Gasteiger partial charge < -0.3 is 0 Å². The molecule has 0 spiro atoms. The van der Waals surface area contributed by atoms with Gasteiger partial charge in [-0.3, -0.25) is 0 Å². The second-order valence-electron chi connectivity index (χ2n) is 4.16. The molecule has 0 bridgehead atoms. The van der Waals surface area contributed by atoms with E-state index in [2.05, 4.69) is 12.1 Å². The zero-order valence-corrected chi connectivity index (χ0v) is 15.9. The van der Waals surface area contributed by atoms with Gasteiger partial charge in [0.15, 0.2) is 0 Å². The van der Waals surface area contributed by atoms with Crippen LogP contribution in [0.1, 0.15) is 0 Å². The summed E-state index contributed by atoms with van der Waals surface area (Å²) in [4.78, 5) is 0. The van der Waals surface area contributed by atoms with E-state index in [1.54, 1.807) is 14.2 Å². The molecule has 4 nitrogen and oxygen atoms in total. The molecule has 22 heavy (non-hydrogen) atoms. The first kappa shape index (κ1) is 17.4. The summed E-state index contributed by atoms with van der Waals surface area (Å²) in [7, 11) is 3.25. The van der Waals surface area contributed by atoms with Gasteiger partial charge in [-0.25, -0.2) is 0 Å². The summed E-state index contributed by atoms with van der Waals surface area (Å²) in [6.07, 6.45) is 0. The molecule has 0 unspecified atom stereocenters. The molecule has 0 aliphatic rings. The Morgan fingerprint density at radius 1 is 0.682 bits per heavy atom. The molecule has 0 aliphatic carbocycles. The van der Waals surface area contributed by atoms with E-state index in [1.165, 1.54) is 8.92 Å². The Balaban J connectivity index is 2.04. The molecule has 2 aromatic carbocycles. The van der Waals surface area contributed by atoms with Crippen LogP contribution in [0.25, 0.3) is 0 Å². The first-order valence-electron chi connectivity index (χ1n) is 6.61. The summed E-state index contributed by atoms with van der Waals surface area (Å²) in [5.41, 5.74) is 0. The van der Waals surface area contributed by atoms with Crippen molar-refractivity contribution in [2.24, 2.45) is 0 Å². The molecule has 0 atom stereocenters. The summed E-state index contributed by atoms with van der Waals surface area (Å²) in [5, 5.41) is 0. The van der Waals surface area contributed by atoms with E-state index in [-0.39, 0.29) is 13.6 Å². The van der Waals surface area contributed by atoms with Gasteiger partial charge in [-0.1, -0.05) is 0 Å². The fourth-order valence-electron chi connectivity index (χ4n) is 1.61. The summed E-state index contributed by atoms with van der Waals surface area (Å²) < 4.78 is 23.7. The first-order valence-corrected chi connectivity index (χ1v) is 12.7. The maximum atomic E-state index is 5.62. The monoisotopic (exact) mass is 434 g/mol. The normalized spacial score (nSPS) is 10.5. The van der Waals surface area contributed by atoms with Crippen molar-refractivity contribution in [2.75, 3.05) is 27.8 Å². The predicted octanol–water partition coefficient (Wildman–Crippen LogP) is 0.926. The second kappa shape index (κ2) is 9.90. The Kier molecular flexibility index (Phi) is 7.81. The minimum atomic E-state index is 0.271. The number of para-hydroxylation sites is 2. The summed E-state index contributed by atoms with van der Waals surface area (Å²) >= 11 is 0.619. The van der Waals surface area contributed by atoms with Crippen LogP contribution in [0.4, 0.5) is 0 Å². The van der Waals surface area contributed by atoms with Crippen LogP contribution in [0.15, 0.2) is 48.5 Å². The van der Waals surface area contributed by atoms with Gasteiger partial charge in [-0.05, 0) is 0 Å². The van der Waals surface area contributed by atoms with Crippen LogP contribution in [0.5, 0.6) is 11.5 Å². The summed E-state index contributed by atoms with van der Waals surface area (Å²) in [5.74, 6) is 1.81. The predicted molar refractivity (Wildman–Crippen MR) is 88.7 cm³/mol. The Morgan fingerprint density at radius 2 is 1.09 bits per heavy atom. The topological polar surface area (TPSA) is 36.9 Å². The Bertz CT molecular complexity index is 526. The van der Waals surface area contributed by atoms with Crippen LogP contribution in [-0.4, -0.2) is 54.1 Å². The number of benzene rings is 2. The van der Waals surface area contributed by atoms with Crippen molar-refractivity contribution in [1.29, 1.82) is 0 Å². The number of rotatable bonds is 9. The van der Waals surface area contributed by atoms with Gasteiger partial charge in [-0.15, -0.1) is 0 Å². The molecule has 0 saturated carbocycles. The number of methoxy groups -OCH3 is 2. The van der Waals surface area contributed by atoms with Crippen molar-refractivity contribution in [3.8, 4) is 11.5 Å². The molecule has 0 heterocycles. The van der Waals surface area contributed by atoms with Crippen LogP contribution in [0, 0.1) is 0 Å². The standard InChI is InChI=1S/C16H18O4Se2/c1-17-11-19-13-7-3-5-9-15(13)21-22-16-10-6-4-8-14(16)20-12-18-2/h3-10H,11-12H2,1-2H3. The van der Waals surface area contributed by atoms with Crippen molar-refractivity contribution in [3.63, 3.8) is 0 Å². The third-order valence-corrected chi connectivity index (χ3v) is 9.75. The first-order chi connectivity index (χ1) is 10.8. The van der Waals surface area contributed by atoms with Crippen molar-refractivity contribution < 1.29 is 18.9 Å². The van der Waals surface area contributed by atoms with Gasteiger partial charge in [0, 0.05) is 0 Å². The van der Waals surface area contributed by atoms with Gasteiger partial charge >= 0.3 is 142 Å². The number of ether oxygens (including phenoxy) is 4. The van der Waals surface area contributed by atoms with Crippen molar-refractivity contribution in [2.45, 2.75) is 0 Å². The van der Waals surface area contributed by atoms with Crippen LogP contribution < -0.4 is 18.4 Å². The van der Waals surface area contributed by atoms with E-state index in [0.29, 0.717) is 26.3 Å². The SMILES string of the molecule is COCOc1ccccc1[Se][Se]c1ccccc1OCOC. The molecule has 0 amide bonds. The zero-order chi connectivity index (χ0) is 15.6. The molecule has 6 heteroatoms. The maximum absolute atomic E-state index is 5.62.